The van der Waals surface area contributed by atoms with Crippen LogP contribution in [0, 0.1) is 0 Å². The molecule has 0 saturated carbocycles. The summed E-state index contributed by atoms with van der Waals surface area (Å²) in [5.74, 6) is 0.901. The molecule has 21 heavy (non-hydrogen) atoms. The molecule has 1 N–H and O–H groups in total. The summed E-state index contributed by atoms with van der Waals surface area (Å²) in [6.45, 7) is 3.02. The number of hydrogen-bond donors (Lipinski definition) is 1. The van der Waals surface area contributed by atoms with Gasteiger partial charge in [-0.05, 0) is 12.1 Å². The predicted molar refractivity (Wildman–Crippen MR) is 83.4 cm³/mol. The van der Waals surface area contributed by atoms with Gasteiger partial charge in [-0.3, -0.25) is 4.90 Å². The topological polar surface area (TPSA) is 41.3 Å². The van der Waals surface area contributed by atoms with Crippen molar-refractivity contribution in [3.05, 3.63) is 41.6 Å². The molecule has 5 nitrogen and oxygen atoms in total. The van der Waals surface area contributed by atoms with Crippen molar-refractivity contribution < 1.29 is 9.42 Å². The molecule has 0 spiro atoms. The summed E-state index contributed by atoms with van der Waals surface area (Å²) >= 11 is 6.59. The third-order valence-corrected chi connectivity index (χ3v) is 3.89. The first-order valence-electron chi connectivity index (χ1n) is 6.98. The standard InChI is InChI=1S/C15H17ClN4O/c1-17-13-11-18-20(12-5-3-2-4-6-12)15(14(13)16)19-7-9-21-10-8-19/h2-6,11H,7-10H2,1H3/p+1. The zero-order chi connectivity index (χ0) is 14.7. The molecule has 0 bridgehead atoms. The minimum Gasteiger partial charge on any atom is -0.385 e. The first kappa shape index (κ1) is 14.1. The number of aromatic nitrogens is 2. The van der Waals surface area contributed by atoms with E-state index in [1.807, 2.05) is 42.1 Å². The monoisotopic (exact) mass is 305 g/mol. The van der Waals surface area contributed by atoms with Crippen molar-refractivity contribution in [2.75, 3.05) is 43.6 Å². The molecule has 0 radical (unpaired) electrons. The zero-order valence-electron chi connectivity index (χ0n) is 11.9. The maximum absolute atomic E-state index is 6.59. The van der Waals surface area contributed by atoms with Gasteiger partial charge in [-0.25, -0.2) is 0 Å². The van der Waals surface area contributed by atoms with Gasteiger partial charge in [-0.1, -0.05) is 39.6 Å². The second-order valence-electron chi connectivity index (χ2n) is 4.79. The lowest BCUT2D eigenvalue weighted by atomic mass is 10.3. The molecule has 0 unspecified atom stereocenters. The largest absolute Gasteiger partial charge is 0.385 e. The van der Waals surface area contributed by atoms with Gasteiger partial charge in [0.15, 0.2) is 10.7 Å². The summed E-state index contributed by atoms with van der Waals surface area (Å²) in [5, 5.41) is 8.31. The van der Waals surface area contributed by atoms with Crippen LogP contribution in [0.15, 0.2) is 36.5 Å². The minimum atomic E-state index is 0.679. The van der Waals surface area contributed by atoms with Gasteiger partial charge in [-0.15, -0.1) is 0 Å². The van der Waals surface area contributed by atoms with Gasteiger partial charge in [0.25, 0.3) is 0 Å². The third kappa shape index (κ3) is 2.80. The van der Waals surface area contributed by atoms with Gasteiger partial charge in [0.05, 0.1) is 25.1 Å². The lowest BCUT2D eigenvalue weighted by molar-refractivity contribution is -0.647. The van der Waals surface area contributed by atoms with E-state index in [1.54, 1.807) is 6.20 Å². The van der Waals surface area contributed by atoms with Crippen molar-refractivity contribution in [2.24, 2.45) is 0 Å². The summed E-state index contributed by atoms with van der Waals surface area (Å²) in [5.41, 5.74) is 1.81. The summed E-state index contributed by atoms with van der Waals surface area (Å²) in [6, 6.07) is 10.0. The van der Waals surface area contributed by atoms with Crippen molar-refractivity contribution in [3.8, 4) is 5.69 Å². The van der Waals surface area contributed by atoms with Gasteiger partial charge >= 0.3 is 5.82 Å². The Morgan fingerprint density at radius 2 is 1.95 bits per heavy atom. The van der Waals surface area contributed by atoms with Crippen molar-refractivity contribution in [2.45, 2.75) is 0 Å². The lowest BCUT2D eigenvalue weighted by Gasteiger charge is -2.24. The maximum Gasteiger partial charge on any atom is 0.324 e. The van der Waals surface area contributed by atoms with Crippen LogP contribution in [0.5, 0.6) is 0 Å². The van der Waals surface area contributed by atoms with E-state index in [1.165, 1.54) is 0 Å². The van der Waals surface area contributed by atoms with E-state index < -0.39 is 0 Å². The van der Waals surface area contributed by atoms with Crippen molar-refractivity contribution in [1.29, 1.82) is 0 Å². The van der Waals surface area contributed by atoms with E-state index in [4.69, 9.17) is 16.3 Å². The first-order valence-corrected chi connectivity index (χ1v) is 7.36. The molecule has 1 aromatic heterocycles. The highest BCUT2D eigenvalue weighted by atomic mass is 35.5. The molecule has 0 atom stereocenters. The van der Waals surface area contributed by atoms with Crippen LogP contribution in [0.25, 0.3) is 5.69 Å². The van der Waals surface area contributed by atoms with Crippen molar-refractivity contribution in [1.82, 2.24) is 5.10 Å². The maximum atomic E-state index is 6.59. The Morgan fingerprint density at radius 1 is 1.24 bits per heavy atom. The minimum absolute atomic E-state index is 0.679. The second kappa shape index (κ2) is 6.28. The number of hydrogen-bond acceptors (Lipinski definition) is 4. The molecule has 2 heterocycles. The number of anilines is 2. The van der Waals surface area contributed by atoms with E-state index in [-0.39, 0.29) is 0 Å². The fourth-order valence-electron chi connectivity index (χ4n) is 2.42. The molecule has 0 aliphatic carbocycles. The second-order valence-corrected chi connectivity index (χ2v) is 5.17. The quantitative estimate of drug-likeness (QED) is 0.879. The van der Waals surface area contributed by atoms with Crippen LogP contribution >= 0.6 is 11.6 Å². The molecular weight excluding hydrogens is 288 g/mol. The molecule has 110 valence electrons. The molecule has 1 aromatic carbocycles. The third-order valence-electron chi connectivity index (χ3n) is 3.52. The highest BCUT2D eigenvalue weighted by Gasteiger charge is 2.29. The van der Waals surface area contributed by atoms with Gasteiger partial charge in [0.1, 0.15) is 13.1 Å². The Bertz CT molecular complexity index is 615. The summed E-state index contributed by atoms with van der Waals surface area (Å²) < 4.78 is 7.32. The summed E-state index contributed by atoms with van der Waals surface area (Å²) in [6.07, 6.45) is 1.75. The van der Waals surface area contributed by atoms with Gasteiger partial charge in [-0.2, -0.15) is 0 Å². The van der Waals surface area contributed by atoms with Crippen molar-refractivity contribution >= 4 is 23.1 Å². The number of benzene rings is 1. The van der Waals surface area contributed by atoms with Crippen LogP contribution < -0.4 is 14.9 Å². The fraction of sp³-hybridized carbons (Fsp3) is 0.333. The molecule has 1 fully saturated rings. The average Bonchev–Trinajstić information content (AvgIpc) is 2.56. The molecule has 0 amide bonds. The molecule has 6 heteroatoms. The number of ether oxygens (including phenoxy) is 1. The van der Waals surface area contributed by atoms with Crippen LogP contribution in [-0.2, 0) is 4.74 Å². The van der Waals surface area contributed by atoms with Crippen LogP contribution in [0.2, 0.25) is 5.02 Å². The fourth-order valence-corrected chi connectivity index (χ4v) is 2.76. The van der Waals surface area contributed by atoms with E-state index in [0.717, 1.165) is 30.3 Å². The SMILES string of the molecule is CNc1cn[n+](-c2ccccc2)c(N2CCOCC2)c1Cl. The summed E-state index contributed by atoms with van der Waals surface area (Å²) in [4.78, 5) is 2.21. The Kier molecular flexibility index (Phi) is 4.22. The molecule has 1 saturated heterocycles. The zero-order valence-corrected chi connectivity index (χ0v) is 12.7. The highest BCUT2D eigenvalue weighted by Crippen LogP contribution is 2.29. The molecule has 1 aliphatic rings. The highest BCUT2D eigenvalue weighted by molar-refractivity contribution is 6.35. The number of rotatable bonds is 3. The number of para-hydroxylation sites is 1. The number of halogens is 1. The molecule has 1 aliphatic heterocycles. The summed E-state index contributed by atoms with van der Waals surface area (Å²) in [7, 11) is 1.85. The Balaban J connectivity index is 2.12. The molecular formula is C15H18ClN4O+. The number of nitrogens with one attached hydrogen (secondary N) is 1. The van der Waals surface area contributed by atoms with Crippen LogP contribution in [0.4, 0.5) is 11.5 Å². The Morgan fingerprint density at radius 3 is 2.62 bits per heavy atom. The lowest BCUT2D eigenvalue weighted by Crippen LogP contribution is -2.47. The Hall–Kier alpha value is -1.85. The van der Waals surface area contributed by atoms with Crippen molar-refractivity contribution in [3.63, 3.8) is 0 Å². The average molecular weight is 306 g/mol. The van der Waals surface area contributed by atoms with E-state index in [2.05, 4.69) is 15.3 Å². The van der Waals surface area contributed by atoms with Gasteiger partial charge < -0.3 is 10.1 Å². The number of morpholine rings is 1. The van der Waals surface area contributed by atoms with Gasteiger partial charge in [0, 0.05) is 7.05 Å². The Labute approximate surface area is 129 Å². The smallest absolute Gasteiger partial charge is 0.324 e. The van der Waals surface area contributed by atoms with Gasteiger partial charge in [0.2, 0.25) is 0 Å². The molecule has 3 rings (SSSR count). The first-order chi connectivity index (χ1) is 10.3. The van der Waals surface area contributed by atoms with Crippen LogP contribution in [0.1, 0.15) is 0 Å². The van der Waals surface area contributed by atoms with E-state index in [0.29, 0.717) is 18.2 Å². The normalized spacial score (nSPS) is 15.0. The van der Waals surface area contributed by atoms with E-state index in [9.17, 15) is 0 Å². The molecule has 2 aromatic rings. The van der Waals surface area contributed by atoms with Crippen LogP contribution in [-0.4, -0.2) is 38.4 Å². The van der Waals surface area contributed by atoms with Crippen LogP contribution in [0.3, 0.4) is 0 Å². The number of nitrogens with zero attached hydrogens (tertiary/aromatic N) is 3. The van der Waals surface area contributed by atoms with E-state index >= 15 is 0 Å². The predicted octanol–water partition coefficient (Wildman–Crippen LogP) is 1.89.